The topological polar surface area (TPSA) is 90.4 Å². The maximum Gasteiger partial charge on any atom is 0.231 e. The molecule has 2 aromatic carbocycles. The molecule has 0 spiro atoms. The molecule has 3 aromatic rings. The van der Waals surface area contributed by atoms with Gasteiger partial charge in [-0.3, -0.25) is 0 Å². The molecule has 4 rings (SSSR count). The van der Waals surface area contributed by atoms with Crippen LogP contribution in [0.1, 0.15) is 12.5 Å². The van der Waals surface area contributed by atoms with Crippen molar-refractivity contribution in [1.82, 2.24) is 4.98 Å². The fourth-order valence-electron chi connectivity index (χ4n) is 3.01. The highest BCUT2D eigenvalue weighted by Gasteiger charge is 2.18. The molecule has 1 aliphatic rings. The number of nitriles is 1. The van der Waals surface area contributed by atoms with Gasteiger partial charge in [0.05, 0.1) is 12.3 Å². The van der Waals surface area contributed by atoms with Gasteiger partial charge in [0, 0.05) is 11.1 Å². The summed E-state index contributed by atoms with van der Waals surface area (Å²) in [4.78, 5) is 4.41. The zero-order valence-corrected chi connectivity index (χ0v) is 14.7. The van der Waals surface area contributed by atoms with Gasteiger partial charge < -0.3 is 19.9 Å². The minimum atomic E-state index is 0.191. The molecular formula is C21H17N3O3. The SMILES string of the molecule is CCOc1ccc(-c2cc(-c3ccc4c(c3)OCO4)c(C#N)c(N)n2)cc1. The molecule has 6 nitrogen and oxygen atoms in total. The maximum atomic E-state index is 9.57. The van der Waals surface area contributed by atoms with Crippen LogP contribution in [0.15, 0.2) is 48.5 Å². The van der Waals surface area contributed by atoms with Crippen LogP contribution in [0, 0.1) is 11.3 Å². The fourth-order valence-corrected chi connectivity index (χ4v) is 3.01. The van der Waals surface area contributed by atoms with E-state index in [-0.39, 0.29) is 12.6 Å². The van der Waals surface area contributed by atoms with Crippen LogP contribution in [0.5, 0.6) is 17.2 Å². The van der Waals surface area contributed by atoms with Crippen molar-refractivity contribution in [1.29, 1.82) is 5.26 Å². The number of hydrogen-bond donors (Lipinski definition) is 1. The average Bonchev–Trinajstić information content (AvgIpc) is 3.16. The molecule has 0 bridgehead atoms. The van der Waals surface area contributed by atoms with Crippen LogP contribution in [0.25, 0.3) is 22.4 Å². The smallest absolute Gasteiger partial charge is 0.231 e. The molecular weight excluding hydrogens is 342 g/mol. The number of pyridine rings is 1. The van der Waals surface area contributed by atoms with Crippen molar-refractivity contribution in [2.75, 3.05) is 19.1 Å². The van der Waals surface area contributed by atoms with Gasteiger partial charge in [-0.05, 0) is 55.0 Å². The van der Waals surface area contributed by atoms with E-state index in [0.717, 1.165) is 16.9 Å². The third kappa shape index (κ3) is 3.11. The van der Waals surface area contributed by atoms with E-state index in [1.54, 1.807) is 0 Å². The number of benzene rings is 2. The summed E-state index contributed by atoms with van der Waals surface area (Å²) in [6, 6.07) is 17.2. The Morgan fingerprint density at radius 1 is 1.07 bits per heavy atom. The maximum absolute atomic E-state index is 9.57. The van der Waals surface area contributed by atoms with Crippen molar-refractivity contribution < 1.29 is 14.2 Å². The number of hydrogen-bond acceptors (Lipinski definition) is 6. The van der Waals surface area contributed by atoms with E-state index in [2.05, 4.69) is 11.1 Å². The van der Waals surface area contributed by atoms with Gasteiger partial charge in [-0.2, -0.15) is 5.26 Å². The first-order chi connectivity index (χ1) is 13.2. The van der Waals surface area contributed by atoms with Crippen molar-refractivity contribution in [2.45, 2.75) is 6.92 Å². The summed E-state index contributed by atoms with van der Waals surface area (Å²) in [5.41, 5.74) is 9.51. The molecule has 27 heavy (non-hydrogen) atoms. The highest BCUT2D eigenvalue weighted by Crippen LogP contribution is 2.38. The molecule has 2 N–H and O–H groups in total. The van der Waals surface area contributed by atoms with Crippen LogP contribution in [0.2, 0.25) is 0 Å². The van der Waals surface area contributed by atoms with Gasteiger partial charge in [0.15, 0.2) is 11.5 Å². The second-order valence-corrected chi connectivity index (χ2v) is 5.95. The number of nitrogens with zero attached hydrogens (tertiary/aromatic N) is 2. The van der Waals surface area contributed by atoms with E-state index in [0.29, 0.717) is 34.9 Å². The van der Waals surface area contributed by atoms with Gasteiger partial charge >= 0.3 is 0 Å². The van der Waals surface area contributed by atoms with E-state index in [1.807, 2.05) is 55.5 Å². The normalized spacial score (nSPS) is 11.9. The summed E-state index contributed by atoms with van der Waals surface area (Å²) in [6.45, 7) is 2.74. The fraction of sp³-hybridized carbons (Fsp3) is 0.143. The average molecular weight is 359 g/mol. The largest absolute Gasteiger partial charge is 0.494 e. The summed E-state index contributed by atoms with van der Waals surface area (Å²) in [5.74, 6) is 2.32. The molecule has 6 heteroatoms. The molecule has 1 aliphatic heterocycles. The lowest BCUT2D eigenvalue weighted by atomic mass is 9.98. The Bertz CT molecular complexity index is 1040. The molecule has 0 unspecified atom stereocenters. The predicted octanol–water partition coefficient (Wildman–Crippen LogP) is 4.00. The van der Waals surface area contributed by atoms with E-state index < -0.39 is 0 Å². The van der Waals surface area contributed by atoms with Crippen LogP contribution >= 0.6 is 0 Å². The summed E-state index contributed by atoms with van der Waals surface area (Å²) in [7, 11) is 0. The molecule has 2 heterocycles. The van der Waals surface area contributed by atoms with Gasteiger partial charge in [0.1, 0.15) is 23.2 Å². The number of ether oxygens (including phenoxy) is 3. The number of nitrogen functional groups attached to an aromatic ring is 1. The van der Waals surface area contributed by atoms with E-state index in [1.165, 1.54) is 0 Å². The lowest BCUT2D eigenvalue weighted by molar-refractivity contribution is 0.174. The summed E-state index contributed by atoms with van der Waals surface area (Å²) in [5, 5.41) is 9.57. The third-order valence-electron chi connectivity index (χ3n) is 4.30. The molecule has 0 amide bonds. The van der Waals surface area contributed by atoms with E-state index in [9.17, 15) is 5.26 Å². The lowest BCUT2D eigenvalue weighted by Crippen LogP contribution is -2.00. The van der Waals surface area contributed by atoms with Gasteiger partial charge in [-0.25, -0.2) is 4.98 Å². The molecule has 0 aliphatic carbocycles. The number of rotatable bonds is 4. The van der Waals surface area contributed by atoms with Gasteiger partial charge in [-0.1, -0.05) is 6.07 Å². The molecule has 1 aromatic heterocycles. The zero-order chi connectivity index (χ0) is 18.8. The Hall–Kier alpha value is -3.72. The van der Waals surface area contributed by atoms with Crippen LogP contribution in [-0.4, -0.2) is 18.4 Å². The summed E-state index contributed by atoms with van der Waals surface area (Å²) in [6.07, 6.45) is 0. The minimum absolute atomic E-state index is 0.191. The molecule has 134 valence electrons. The summed E-state index contributed by atoms with van der Waals surface area (Å²) >= 11 is 0. The lowest BCUT2D eigenvalue weighted by Gasteiger charge is -2.11. The second-order valence-electron chi connectivity index (χ2n) is 5.95. The van der Waals surface area contributed by atoms with Gasteiger partial charge in [0.2, 0.25) is 6.79 Å². The third-order valence-corrected chi connectivity index (χ3v) is 4.30. The van der Waals surface area contributed by atoms with Crippen LogP contribution in [-0.2, 0) is 0 Å². The molecule has 0 atom stereocenters. The first-order valence-electron chi connectivity index (χ1n) is 8.53. The van der Waals surface area contributed by atoms with Crippen LogP contribution < -0.4 is 19.9 Å². The highest BCUT2D eigenvalue weighted by molar-refractivity contribution is 5.81. The standard InChI is InChI=1S/C21H17N3O3/c1-2-25-15-6-3-13(4-7-15)18-10-16(17(11-22)21(23)24-18)14-5-8-19-20(9-14)27-12-26-19/h3-10H,2,12H2,1H3,(H2,23,24). The monoisotopic (exact) mass is 359 g/mol. The van der Waals surface area contributed by atoms with Crippen LogP contribution in [0.3, 0.4) is 0 Å². The molecule has 0 saturated carbocycles. The van der Waals surface area contributed by atoms with Gasteiger partial charge in [0.25, 0.3) is 0 Å². The van der Waals surface area contributed by atoms with Crippen molar-refractivity contribution >= 4 is 5.82 Å². The predicted molar refractivity (Wildman–Crippen MR) is 102 cm³/mol. The first-order valence-corrected chi connectivity index (χ1v) is 8.53. The Balaban J connectivity index is 1.80. The minimum Gasteiger partial charge on any atom is -0.494 e. The molecule has 0 saturated heterocycles. The van der Waals surface area contributed by atoms with Crippen molar-refractivity contribution in [2.24, 2.45) is 0 Å². The Labute approximate surface area is 156 Å². The second kappa shape index (κ2) is 6.89. The van der Waals surface area contributed by atoms with E-state index >= 15 is 0 Å². The van der Waals surface area contributed by atoms with Crippen LogP contribution in [0.4, 0.5) is 5.82 Å². The Kier molecular flexibility index (Phi) is 4.27. The number of anilines is 1. The summed E-state index contributed by atoms with van der Waals surface area (Å²) < 4.78 is 16.3. The molecule has 0 fully saturated rings. The van der Waals surface area contributed by atoms with Gasteiger partial charge in [-0.15, -0.1) is 0 Å². The highest BCUT2D eigenvalue weighted by atomic mass is 16.7. The Morgan fingerprint density at radius 3 is 2.56 bits per heavy atom. The zero-order valence-electron chi connectivity index (χ0n) is 14.7. The van der Waals surface area contributed by atoms with Crippen molar-refractivity contribution in [3.05, 3.63) is 54.1 Å². The first kappa shape index (κ1) is 16.7. The number of fused-ring (bicyclic) bond motifs is 1. The number of aromatic nitrogens is 1. The van der Waals surface area contributed by atoms with E-state index in [4.69, 9.17) is 19.9 Å². The molecule has 0 radical (unpaired) electrons. The van der Waals surface area contributed by atoms with Crippen molar-refractivity contribution in [3.8, 4) is 45.7 Å². The Morgan fingerprint density at radius 2 is 1.81 bits per heavy atom. The van der Waals surface area contributed by atoms with Crippen molar-refractivity contribution in [3.63, 3.8) is 0 Å². The number of nitrogens with two attached hydrogens (primary N) is 1. The quantitative estimate of drug-likeness (QED) is 0.757.